The number of benzene rings is 1. The number of thioether (sulfide) groups is 1. The van der Waals surface area contributed by atoms with E-state index >= 15 is 0 Å². The van der Waals surface area contributed by atoms with Crippen molar-refractivity contribution in [2.75, 3.05) is 19.3 Å². The lowest BCUT2D eigenvalue weighted by Gasteiger charge is -2.30. The molecule has 15 heavy (non-hydrogen) atoms. The molecule has 2 atom stereocenters. The van der Waals surface area contributed by atoms with E-state index in [2.05, 4.69) is 11.4 Å². The summed E-state index contributed by atoms with van der Waals surface area (Å²) in [4.78, 5) is 1.28. The van der Waals surface area contributed by atoms with Crippen LogP contribution in [0.1, 0.15) is 11.6 Å². The molecule has 0 radical (unpaired) electrons. The Kier molecular flexibility index (Phi) is 3.57. The summed E-state index contributed by atoms with van der Waals surface area (Å²) >= 11 is 7.86. The molecule has 0 amide bonds. The van der Waals surface area contributed by atoms with E-state index < -0.39 is 0 Å². The monoisotopic (exact) mass is 242 g/mol. The van der Waals surface area contributed by atoms with Crippen LogP contribution in [0.15, 0.2) is 23.1 Å². The van der Waals surface area contributed by atoms with Crippen molar-refractivity contribution in [3.05, 3.63) is 28.8 Å². The van der Waals surface area contributed by atoms with Gasteiger partial charge in [0.05, 0.1) is 0 Å². The zero-order valence-corrected chi connectivity index (χ0v) is 10.2. The first kappa shape index (κ1) is 11.3. The lowest BCUT2D eigenvalue weighted by Crippen LogP contribution is -2.33. The van der Waals surface area contributed by atoms with Crippen molar-refractivity contribution in [3.63, 3.8) is 0 Å². The van der Waals surface area contributed by atoms with Crippen LogP contribution < -0.4 is 11.1 Å². The van der Waals surface area contributed by atoms with Crippen molar-refractivity contribution < 1.29 is 0 Å². The summed E-state index contributed by atoms with van der Waals surface area (Å²) < 4.78 is 0. The molecule has 0 saturated heterocycles. The van der Waals surface area contributed by atoms with Gasteiger partial charge in [-0.05, 0) is 30.8 Å². The third kappa shape index (κ3) is 2.31. The molecule has 1 aliphatic rings. The predicted octanol–water partition coefficient (Wildman–Crippen LogP) is 2.28. The second kappa shape index (κ2) is 4.74. The van der Waals surface area contributed by atoms with Gasteiger partial charge in [0.1, 0.15) is 0 Å². The molecule has 0 saturated carbocycles. The fourth-order valence-corrected chi connectivity index (χ4v) is 3.34. The molecule has 2 unspecified atom stereocenters. The minimum absolute atomic E-state index is 0.104. The van der Waals surface area contributed by atoms with E-state index in [-0.39, 0.29) is 6.04 Å². The van der Waals surface area contributed by atoms with E-state index in [1.807, 2.05) is 30.9 Å². The summed E-state index contributed by atoms with van der Waals surface area (Å²) in [7, 11) is 1.96. The minimum Gasteiger partial charge on any atom is -0.324 e. The van der Waals surface area contributed by atoms with Gasteiger partial charge in [-0.25, -0.2) is 0 Å². The number of hydrogen-bond donors (Lipinski definition) is 2. The highest BCUT2D eigenvalue weighted by Gasteiger charge is 2.26. The van der Waals surface area contributed by atoms with Crippen molar-refractivity contribution in [1.82, 2.24) is 5.32 Å². The van der Waals surface area contributed by atoms with Crippen LogP contribution in [0.5, 0.6) is 0 Å². The molecule has 4 heteroatoms. The maximum absolute atomic E-state index is 6.23. The van der Waals surface area contributed by atoms with Crippen LogP contribution in [0.4, 0.5) is 0 Å². The molecule has 0 aromatic heterocycles. The minimum atomic E-state index is 0.104. The SMILES string of the molecule is CNCC1CSc2ccc(Cl)cc2C1N. The summed E-state index contributed by atoms with van der Waals surface area (Å²) in [5, 5.41) is 3.96. The van der Waals surface area contributed by atoms with Gasteiger partial charge in [-0.2, -0.15) is 0 Å². The molecule has 0 spiro atoms. The van der Waals surface area contributed by atoms with Gasteiger partial charge in [-0.15, -0.1) is 11.8 Å². The molecular formula is C11H15ClN2S. The average molecular weight is 243 g/mol. The van der Waals surface area contributed by atoms with Crippen LogP contribution in [0.2, 0.25) is 5.02 Å². The second-order valence-electron chi connectivity index (χ2n) is 3.84. The summed E-state index contributed by atoms with van der Waals surface area (Å²) in [5.74, 6) is 1.57. The van der Waals surface area contributed by atoms with E-state index in [1.54, 1.807) is 0 Å². The van der Waals surface area contributed by atoms with Crippen molar-refractivity contribution in [3.8, 4) is 0 Å². The molecule has 0 bridgehead atoms. The Bertz CT molecular complexity index is 356. The molecule has 1 aliphatic heterocycles. The normalized spacial score (nSPS) is 25.0. The van der Waals surface area contributed by atoms with Crippen molar-refractivity contribution in [2.45, 2.75) is 10.9 Å². The first-order valence-corrected chi connectivity index (χ1v) is 6.41. The first-order chi connectivity index (χ1) is 7.22. The molecular weight excluding hydrogens is 228 g/mol. The molecule has 1 heterocycles. The summed E-state index contributed by atoms with van der Waals surface area (Å²) in [6.07, 6.45) is 0. The van der Waals surface area contributed by atoms with Gasteiger partial charge < -0.3 is 11.1 Å². The summed E-state index contributed by atoms with van der Waals surface area (Å²) in [6.45, 7) is 0.958. The average Bonchev–Trinajstić information content (AvgIpc) is 2.23. The Balaban J connectivity index is 2.28. The molecule has 2 nitrogen and oxygen atoms in total. The van der Waals surface area contributed by atoms with Gasteiger partial charge in [0, 0.05) is 34.2 Å². The van der Waals surface area contributed by atoms with Crippen LogP contribution in [-0.4, -0.2) is 19.3 Å². The Morgan fingerprint density at radius 2 is 2.40 bits per heavy atom. The predicted molar refractivity (Wildman–Crippen MR) is 66.5 cm³/mol. The number of halogens is 1. The fraction of sp³-hybridized carbons (Fsp3) is 0.455. The fourth-order valence-electron chi connectivity index (χ4n) is 1.91. The van der Waals surface area contributed by atoms with Crippen molar-refractivity contribution in [2.24, 2.45) is 11.7 Å². The smallest absolute Gasteiger partial charge is 0.0410 e. The zero-order chi connectivity index (χ0) is 10.8. The summed E-state index contributed by atoms with van der Waals surface area (Å²) in [5.41, 5.74) is 7.43. The third-order valence-corrected chi connectivity index (χ3v) is 4.27. The van der Waals surface area contributed by atoms with Crippen LogP contribution in [-0.2, 0) is 0 Å². The van der Waals surface area contributed by atoms with Gasteiger partial charge in [0.2, 0.25) is 0 Å². The highest BCUT2D eigenvalue weighted by molar-refractivity contribution is 7.99. The van der Waals surface area contributed by atoms with Gasteiger partial charge in [-0.3, -0.25) is 0 Å². The Morgan fingerprint density at radius 1 is 1.60 bits per heavy atom. The van der Waals surface area contributed by atoms with E-state index in [9.17, 15) is 0 Å². The maximum atomic E-state index is 6.23. The Hall–Kier alpha value is -0.220. The topological polar surface area (TPSA) is 38.0 Å². The van der Waals surface area contributed by atoms with Gasteiger partial charge >= 0.3 is 0 Å². The molecule has 2 rings (SSSR count). The number of nitrogens with two attached hydrogens (primary N) is 1. The Labute approximate surface area is 99.6 Å². The number of fused-ring (bicyclic) bond motifs is 1. The standard InChI is InChI=1S/C11H15ClN2S/c1-14-5-7-6-15-10-3-2-8(12)4-9(10)11(7)13/h2-4,7,11,14H,5-6,13H2,1H3. The highest BCUT2D eigenvalue weighted by atomic mass is 35.5. The molecule has 3 N–H and O–H groups in total. The third-order valence-electron chi connectivity index (χ3n) is 2.76. The number of rotatable bonds is 2. The van der Waals surface area contributed by atoms with E-state index in [0.717, 1.165) is 17.3 Å². The molecule has 0 fully saturated rings. The van der Waals surface area contributed by atoms with Crippen LogP contribution in [0, 0.1) is 5.92 Å². The number of nitrogens with one attached hydrogen (secondary N) is 1. The van der Waals surface area contributed by atoms with Gasteiger partial charge in [-0.1, -0.05) is 11.6 Å². The Morgan fingerprint density at radius 3 is 3.13 bits per heavy atom. The molecule has 0 aliphatic carbocycles. The largest absolute Gasteiger partial charge is 0.324 e. The molecule has 1 aromatic rings. The zero-order valence-electron chi connectivity index (χ0n) is 8.66. The van der Waals surface area contributed by atoms with E-state index in [4.69, 9.17) is 17.3 Å². The van der Waals surface area contributed by atoms with Gasteiger partial charge in [0.25, 0.3) is 0 Å². The van der Waals surface area contributed by atoms with Crippen LogP contribution in [0.25, 0.3) is 0 Å². The van der Waals surface area contributed by atoms with Crippen LogP contribution >= 0.6 is 23.4 Å². The lowest BCUT2D eigenvalue weighted by atomic mass is 9.94. The van der Waals surface area contributed by atoms with Crippen molar-refractivity contribution in [1.29, 1.82) is 0 Å². The second-order valence-corrected chi connectivity index (χ2v) is 5.33. The maximum Gasteiger partial charge on any atom is 0.0410 e. The van der Waals surface area contributed by atoms with Gasteiger partial charge in [0.15, 0.2) is 0 Å². The quantitative estimate of drug-likeness (QED) is 0.836. The lowest BCUT2D eigenvalue weighted by molar-refractivity contribution is 0.447. The van der Waals surface area contributed by atoms with E-state index in [0.29, 0.717) is 5.92 Å². The van der Waals surface area contributed by atoms with E-state index in [1.165, 1.54) is 10.5 Å². The highest BCUT2D eigenvalue weighted by Crippen LogP contribution is 2.39. The van der Waals surface area contributed by atoms with Crippen molar-refractivity contribution >= 4 is 23.4 Å². The number of hydrogen-bond acceptors (Lipinski definition) is 3. The molecule has 1 aromatic carbocycles. The van der Waals surface area contributed by atoms with Crippen LogP contribution in [0.3, 0.4) is 0 Å². The first-order valence-electron chi connectivity index (χ1n) is 5.05. The molecule has 82 valence electrons. The summed E-state index contributed by atoms with van der Waals surface area (Å²) in [6, 6.07) is 6.10.